The van der Waals surface area contributed by atoms with Crippen molar-refractivity contribution in [2.24, 2.45) is 0 Å². The Balaban J connectivity index is 1.51. The van der Waals surface area contributed by atoms with Gasteiger partial charge in [-0.25, -0.2) is 0 Å². The molecule has 0 bridgehead atoms. The maximum Gasteiger partial charge on any atom is 0.217 e. The molecule has 26 heteroatoms. The molecular weight excluding hydrogens is 798 g/mol. The fraction of sp³-hybridized carbons (Fsp3) is 0.969. The van der Waals surface area contributed by atoms with Gasteiger partial charge in [-0.1, -0.05) is 0 Å². The predicted molar refractivity (Wildman–Crippen MR) is 177 cm³/mol. The van der Waals surface area contributed by atoms with Gasteiger partial charge < -0.3 is 125 Å². The molecule has 0 unspecified atom stereocenters. The average Bonchev–Trinajstić information content (AvgIpc) is 3.19. The third kappa shape index (κ3) is 9.75. The van der Waals surface area contributed by atoms with Gasteiger partial charge >= 0.3 is 0 Å². The Kier molecular flexibility index (Phi) is 16.5. The van der Waals surface area contributed by atoms with Gasteiger partial charge in [-0.3, -0.25) is 4.79 Å². The van der Waals surface area contributed by atoms with Crippen molar-refractivity contribution in [2.75, 3.05) is 26.4 Å². The molecule has 5 aliphatic heterocycles. The lowest BCUT2D eigenvalue weighted by Gasteiger charge is -2.51. The minimum atomic E-state index is -2.15. The van der Waals surface area contributed by atoms with E-state index >= 15 is 0 Å². The van der Waals surface area contributed by atoms with Crippen LogP contribution in [-0.2, 0) is 47.4 Å². The molecule has 338 valence electrons. The number of amides is 1. The number of nitrogens with one attached hydrogen (secondary N) is 1. The standard InChI is InChI=1S/C32H55NO25/c1-7-14(39)19(44)22(47)30(50-7)58-27-26(57-29-13(33-8(2)38)18(43)15(40)9(3-34)52-29)17(42)11(5-36)54-32(27)56-25-16(41)10(4-35)53-31(23(25)48)55-24-12(6-37)51-28(49)21(46)20(24)45/h7,9-32,34-37,39-49H,3-6H2,1-2H3,(H,33,38)/t7-,9+,10+,11+,12+,13+,14+,15-,16-,17-,18+,19+,20+,21+,22-,23+,24+,25-,26-,27+,28+,29+,30-,31-,32-/m0/s1. The quantitative estimate of drug-likeness (QED) is 0.0818. The maximum atomic E-state index is 12.1. The summed E-state index contributed by atoms with van der Waals surface area (Å²) in [4.78, 5) is 12.1. The second-order valence-corrected chi connectivity index (χ2v) is 14.7. The highest BCUT2D eigenvalue weighted by atomic mass is 16.8. The molecule has 0 aromatic heterocycles. The van der Waals surface area contributed by atoms with Crippen LogP contribution in [0, 0.1) is 0 Å². The number of aliphatic hydroxyl groups excluding tert-OH is 15. The van der Waals surface area contributed by atoms with Crippen LogP contribution in [0.3, 0.4) is 0 Å². The average molecular weight is 854 g/mol. The van der Waals surface area contributed by atoms with E-state index in [2.05, 4.69) is 5.32 Å². The highest BCUT2D eigenvalue weighted by Crippen LogP contribution is 2.37. The first-order chi connectivity index (χ1) is 27.4. The highest BCUT2D eigenvalue weighted by molar-refractivity contribution is 5.73. The van der Waals surface area contributed by atoms with Gasteiger partial charge in [0.05, 0.1) is 32.5 Å². The molecule has 25 atom stereocenters. The largest absolute Gasteiger partial charge is 0.394 e. The minimum absolute atomic E-state index is 0.757. The van der Waals surface area contributed by atoms with E-state index in [9.17, 15) is 81.4 Å². The van der Waals surface area contributed by atoms with Crippen molar-refractivity contribution in [2.45, 2.75) is 167 Å². The second kappa shape index (κ2) is 20.1. The van der Waals surface area contributed by atoms with Gasteiger partial charge in [-0.2, -0.15) is 0 Å². The Morgan fingerprint density at radius 2 is 0.931 bits per heavy atom. The summed E-state index contributed by atoms with van der Waals surface area (Å²) in [5.41, 5.74) is 0. The summed E-state index contributed by atoms with van der Waals surface area (Å²) in [5, 5.41) is 161. The molecule has 1 amide bonds. The van der Waals surface area contributed by atoms with Gasteiger partial charge in [0.1, 0.15) is 116 Å². The molecular formula is C32H55NO25. The van der Waals surface area contributed by atoms with E-state index in [1.165, 1.54) is 6.92 Å². The van der Waals surface area contributed by atoms with Crippen molar-refractivity contribution in [3.8, 4) is 0 Å². The molecule has 5 aliphatic rings. The van der Waals surface area contributed by atoms with Crippen molar-refractivity contribution in [3.05, 3.63) is 0 Å². The number of carbonyl (C=O) groups excluding carboxylic acids is 1. The van der Waals surface area contributed by atoms with Crippen LogP contribution in [0.4, 0.5) is 0 Å². The molecule has 0 spiro atoms. The second-order valence-electron chi connectivity index (χ2n) is 14.7. The molecule has 5 fully saturated rings. The Morgan fingerprint density at radius 3 is 1.52 bits per heavy atom. The van der Waals surface area contributed by atoms with Crippen LogP contribution >= 0.6 is 0 Å². The fourth-order valence-corrected chi connectivity index (χ4v) is 7.34. The lowest BCUT2D eigenvalue weighted by molar-refractivity contribution is -0.405. The molecule has 5 saturated heterocycles. The molecule has 16 N–H and O–H groups in total. The first kappa shape index (κ1) is 47.6. The molecule has 58 heavy (non-hydrogen) atoms. The highest BCUT2D eigenvalue weighted by Gasteiger charge is 2.57. The topological polar surface area (TPSA) is 416 Å². The van der Waals surface area contributed by atoms with Crippen LogP contribution in [0.5, 0.6) is 0 Å². The van der Waals surface area contributed by atoms with Crippen molar-refractivity contribution in [3.63, 3.8) is 0 Å². The predicted octanol–water partition coefficient (Wildman–Crippen LogP) is -10.8. The number of carbonyl (C=O) groups is 1. The summed E-state index contributed by atoms with van der Waals surface area (Å²) in [6.07, 6.45) is -44.3. The number of hydrogen-bond acceptors (Lipinski definition) is 25. The Labute approximate surface area is 329 Å². The van der Waals surface area contributed by atoms with E-state index in [1.807, 2.05) is 0 Å². The van der Waals surface area contributed by atoms with E-state index in [0.717, 1.165) is 6.92 Å². The van der Waals surface area contributed by atoms with Crippen molar-refractivity contribution < 1.29 is 124 Å². The van der Waals surface area contributed by atoms with Gasteiger partial charge in [-0.05, 0) is 6.92 Å². The van der Waals surface area contributed by atoms with Gasteiger partial charge in [0.25, 0.3) is 0 Å². The summed E-state index contributed by atoms with van der Waals surface area (Å²) in [5.74, 6) is -0.757. The molecule has 5 rings (SSSR count). The zero-order chi connectivity index (χ0) is 42.9. The Morgan fingerprint density at radius 1 is 0.448 bits per heavy atom. The molecule has 0 aliphatic carbocycles. The number of rotatable bonds is 13. The first-order valence-electron chi connectivity index (χ1n) is 18.5. The molecule has 0 saturated carbocycles. The molecule has 0 aromatic rings. The van der Waals surface area contributed by atoms with Crippen LogP contribution in [0.25, 0.3) is 0 Å². The van der Waals surface area contributed by atoms with Gasteiger partial charge in [0, 0.05) is 6.92 Å². The van der Waals surface area contributed by atoms with Crippen molar-refractivity contribution in [1.29, 1.82) is 0 Å². The van der Waals surface area contributed by atoms with E-state index in [1.54, 1.807) is 0 Å². The lowest BCUT2D eigenvalue weighted by Crippen LogP contribution is -2.70. The lowest BCUT2D eigenvalue weighted by atomic mass is 9.94. The normalized spacial score (nSPS) is 51.6. The van der Waals surface area contributed by atoms with Gasteiger partial charge in [0.2, 0.25) is 5.91 Å². The van der Waals surface area contributed by atoms with Crippen LogP contribution in [0.2, 0.25) is 0 Å². The van der Waals surface area contributed by atoms with E-state index in [-0.39, 0.29) is 0 Å². The number of hydrogen-bond donors (Lipinski definition) is 16. The summed E-state index contributed by atoms with van der Waals surface area (Å²) in [6.45, 7) is -1.38. The third-order valence-electron chi connectivity index (χ3n) is 10.7. The Bertz CT molecular complexity index is 1310. The molecule has 0 radical (unpaired) electrons. The van der Waals surface area contributed by atoms with Crippen LogP contribution in [-0.4, -0.2) is 262 Å². The zero-order valence-electron chi connectivity index (χ0n) is 31.1. The van der Waals surface area contributed by atoms with Crippen LogP contribution in [0.1, 0.15) is 13.8 Å². The van der Waals surface area contributed by atoms with Crippen LogP contribution < -0.4 is 5.32 Å². The van der Waals surface area contributed by atoms with Crippen molar-refractivity contribution in [1.82, 2.24) is 5.32 Å². The fourth-order valence-electron chi connectivity index (χ4n) is 7.34. The van der Waals surface area contributed by atoms with Crippen molar-refractivity contribution >= 4 is 5.91 Å². The van der Waals surface area contributed by atoms with E-state index in [4.69, 9.17) is 42.6 Å². The zero-order valence-corrected chi connectivity index (χ0v) is 31.1. The minimum Gasteiger partial charge on any atom is -0.394 e. The summed E-state index contributed by atoms with van der Waals surface area (Å²) in [7, 11) is 0. The number of ether oxygens (including phenoxy) is 9. The molecule has 26 nitrogen and oxygen atoms in total. The SMILES string of the molecule is CC(=O)N[C@H]1[C@@H](O[C@H]2[C@@H](O)[C@@H](CO)O[C@@H](O[C@H]3[C@@H](O)[C@@H](CO)O[C@@H](O[C@H]4[C@H](O)[C@@H](O)[C@H](O)O[C@@H]4CO)[C@@H]3O)[C@@H]2O[C@@H]2O[C@@H](C)[C@@H](O)[C@@H](O)[C@@H]2O)O[C@H](CO)[C@H](O)[C@@H]1O. The van der Waals surface area contributed by atoms with Gasteiger partial charge in [0.15, 0.2) is 31.5 Å². The summed E-state index contributed by atoms with van der Waals surface area (Å²) >= 11 is 0. The summed E-state index contributed by atoms with van der Waals surface area (Å²) < 4.78 is 51.3. The smallest absolute Gasteiger partial charge is 0.217 e. The number of aliphatic hydroxyl groups is 15. The maximum absolute atomic E-state index is 12.1. The molecule has 5 heterocycles. The van der Waals surface area contributed by atoms with E-state index < -0.39 is 186 Å². The van der Waals surface area contributed by atoms with E-state index in [0.29, 0.717) is 0 Å². The monoisotopic (exact) mass is 853 g/mol. The third-order valence-corrected chi connectivity index (χ3v) is 10.7. The molecule has 0 aromatic carbocycles. The van der Waals surface area contributed by atoms with Gasteiger partial charge in [-0.15, -0.1) is 0 Å². The van der Waals surface area contributed by atoms with Crippen LogP contribution in [0.15, 0.2) is 0 Å². The first-order valence-corrected chi connectivity index (χ1v) is 18.5. The Hall–Kier alpha value is -1.49. The summed E-state index contributed by atoms with van der Waals surface area (Å²) in [6, 6.07) is -1.62.